The normalized spacial score (nSPS) is 20.4. The zero-order valence-electron chi connectivity index (χ0n) is 12.8. The summed E-state index contributed by atoms with van der Waals surface area (Å²) >= 11 is 0. The first-order valence-electron chi connectivity index (χ1n) is 7.60. The van der Waals surface area contributed by atoms with Crippen LogP contribution in [0.2, 0.25) is 0 Å². The minimum absolute atomic E-state index is 0.128. The summed E-state index contributed by atoms with van der Waals surface area (Å²) in [6, 6.07) is 9.25. The second-order valence-corrected chi connectivity index (χ2v) is 5.96. The topological polar surface area (TPSA) is 92.4 Å². The average Bonchev–Trinajstić information content (AvgIpc) is 3.17. The Bertz CT molecular complexity index is 720. The highest BCUT2D eigenvalue weighted by molar-refractivity contribution is 5.92. The van der Waals surface area contributed by atoms with Crippen molar-refractivity contribution in [2.45, 2.75) is 32.2 Å². The van der Waals surface area contributed by atoms with Gasteiger partial charge in [-0.1, -0.05) is 35.0 Å². The molecule has 6 heteroatoms. The lowest BCUT2D eigenvalue weighted by Crippen LogP contribution is -2.33. The molecule has 0 saturated heterocycles. The molecule has 0 unspecified atom stereocenters. The number of nitrogens with zero attached hydrogens (tertiary/aromatic N) is 1. The van der Waals surface area contributed by atoms with Crippen LogP contribution < -0.4 is 5.32 Å². The highest BCUT2D eigenvalue weighted by atomic mass is 16.5. The standard InChI is InChI=1S/C17H18N2O4/c1-10-2-4-11(5-3-10)14-9-15(23-19-14)16(20)18-13-7-6-12(8-13)17(21)22/h2-5,9,12-13H,6-8H2,1H3,(H,18,20)(H,21,22)/t12-,13+/m0/s1. The van der Waals surface area contributed by atoms with Crippen molar-refractivity contribution in [3.63, 3.8) is 0 Å². The number of aryl methyl sites for hydroxylation is 1. The Hall–Kier alpha value is -2.63. The molecule has 1 heterocycles. The molecule has 0 spiro atoms. The predicted molar refractivity (Wildman–Crippen MR) is 82.9 cm³/mol. The van der Waals surface area contributed by atoms with Crippen LogP contribution in [-0.4, -0.2) is 28.2 Å². The fourth-order valence-electron chi connectivity index (χ4n) is 2.84. The molecule has 1 fully saturated rings. The number of carbonyl (C=O) groups is 2. The molecule has 3 rings (SSSR count). The van der Waals surface area contributed by atoms with Gasteiger partial charge in [0.25, 0.3) is 5.91 Å². The molecule has 0 aliphatic heterocycles. The summed E-state index contributed by atoms with van der Waals surface area (Å²) in [5, 5.41) is 15.7. The average molecular weight is 314 g/mol. The Kier molecular flexibility index (Phi) is 4.14. The fourth-order valence-corrected chi connectivity index (χ4v) is 2.84. The van der Waals surface area contributed by atoms with Crippen LogP contribution in [0.5, 0.6) is 0 Å². The molecule has 2 N–H and O–H groups in total. The van der Waals surface area contributed by atoms with Crippen LogP contribution in [0.3, 0.4) is 0 Å². The van der Waals surface area contributed by atoms with Crippen molar-refractivity contribution < 1.29 is 19.2 Å². The van der Waals surface area contributed by atoms with Crippen molar-refractivity contribution in [2.24, 2.45) is 5.92 Å². The minimum Gasteiger partial charge on any atom is -0.481 e. The van der Waals surface area contributed by atoms with Crippen LogP contribution in [0.25, 0.3) is 11.3 Å². The van der Waals surface area contributed by atoms with E-state index in [1.165, 1.54) is 0 Å². The number of hydrogen-bond acceptors (Lipinski definition) is 4. The summed E-state index contributed by atoms with van der Waals surface area (Å²) in [7, 11) is 0. The fraction of sp³-hybridized carbons (Fsp3) is 0.353. The van der Waals surface area contributed by atoms with Crippen LogP contribution in [0.4, 0.5) is 0 Å². The largest absolute Gasteiger partial charge is 0.481 e. The van der Waals surface area contributed by atoms with Gasteiger partial charge in [0.1, 0.15) is 5.69 Å². The zero-order chi connectivity index (χ0) is 16.4. The Balaban J connectivity index is 1.65. The number of rotatable bonds is 4. The van der Waals surface area contributed by atoms with Gasteiger partial charge in [-0.3, -0.25) is 9.59 Å². The van der Waals surface area contributed by atoms with E-state index in [2.05, 4.69) is 10.5 Å². The van der Waals surface area contributed by atoms with Gasteiger partial charge in [0.15, 0.2) is 0 Å². The number of carboxylic acids is 1. The van der Waals surface area contributed by atoms with Gasteiger partial charge in [-0.25, -0.2) is 0 Å². The lowest BCUT2D eigenvalue weighted by Gasteiger charge is -2.10. The molecule has 0 bridgehead atoms. The Morgan fingerprint density at radius 1 is 1.26 bits per heavy atom. The third-order valence-corrected chi connectivity index (χ3v) is 4.20. The number of aliphatic carboxylic acids is 1. The number of aromatic nitrogens is 1. The molecule has 1 saturated carbocycles. The molecule has 2 atom stereocenters. The van der Waals surface area contributed by atoms with E-state index < -0.39 is 5.97 Å². The molecule has 1 aromatic carbocycles. The quantitative estimate of drug-likeness (QED) is 0.905. The van der Waals surface area contributed by atoms with Gasteiger partial charge in [-0.15, -0.1) is 0 Å². The van der Waals surface area contributed by atoms with E-state index in [0.29, 0.717) is 25.0 Å². The molecule has 120 valence electrons. The van der Waals surface area contributed by atoms with Gasteiger partial charge >= 0.3 is 5.97 Å². The molecule has 1 aliphatic rings. The van der Waals surface area contributed by atoms with E-state index in [1.807, 2.05) is 31.2 Å². The second kappa shape index (κ2) is 6.24. The maximum Gasteiger partial charge on any atom is 0.306 e. The van der Waals surface area contributed by atoms with E-state index in [-0.39, 0.29) is 23.6 Å². The summed E-state index contributed by atoms with van der Waals surface area (Å²) in [6.07, 6.45) is 1.72. The van der Waals surface area contributed by atoms with Crippen LogP contribution >= 0.6 is 0 Å². The molecule has 23 heavy (non-hydrogen) atoms. The smallest absolute Gasteiger partial charge is 0.306 e. The number of benzene rings is 1. The molecule has 0 radical (unpaired) electrons. The number of hydrogen-bond donors (Lipinski definition) is 2. The van der Waals surface area contributed by atoms with Gasteiger partial charge in [-0.2, -0.15) is 0 Å². The highest BCUT2D eigenvalue weighted by Gasteiger charge is 2.31. The molecule has 1 aliphatic carbocycles. The third-order valence-electron chi connectivity index (χ3n) is 4.20. The summed E-state index contributed by atoms with van der Waals surface area (Å²) in [5.41, 5.74) is 2.62. The van der Waals surface area contributed by atoms with Crippen molar-refractivity contribution >= 4 is 11.9 Å². The lowest BCUT2D eigenvalue weighted by molar-refractivity contribution is -0.141. The van der Waals surface area contributed by atoms with E-state index in [9.17, 15) is 9.59 Å². The predicted octanol–water partition coefficient (Wildman–Crippen LogP) is 2.63. The van der Waals surface area contributed by atoms with Gasteiger partial charge in [0, 0.05) is 17.7 Å². The number of carbonyl (C=O) groups excluding carboxylic acids is 1. The minimum atomic E-state index is -0.803. The first-order chi connectivity index (χ1) is 11.0. The zero-order valence-corrected chi connectivity index (χ0v) is 12.8. The van der Waals surface area contributed by atoms with Crippen molar-refractivity contribution in [3.05, 3.63) is 41.7 Å². The third kappa shape index (κ3) is 3.41. The van der Waals surface area contributed by atoms with E-state index in [1.54, 1.807) is 6.07 Å². The molecule has 1 aromatic heterocycles. The maximum atomic E-state index is 12.2. The lowest BCUT2D eigenvalue weighted by atomic mass is 10.1. The van der Waals surface area contributed by atoms with Crippen molar-refractivity contribution in [2.75, 3.05) is 0 Å². The van der Waals surface area contributed by atoms with Crippen LogP contribution in [0.15, 0.2) is 34.9 Å². The number of nitrogens with one attached hydrogen (secondary N) is 1. The van der Waals surface area contributed by atoms with Crippen molar-refractivity contribution in [1.29, 1.82) is 0 Å². The highest BCUT2D eigenvalue weighted by Crippen LogP contribution is 2.26. The first kappa shape index (κ1) is 15.3. The SMILES string of the molecule is Cc1ccc(-c2cc(C(=O)N[C@@H]3CC[C@H](C(=O)O)C3)on2)cc1. The summed E-state index contributed by atoms with van der Waals surface area (Å²) < 4.78 is 5.12. The summed E-state index contributed by atoms with van der Waals surface area (Å²) in [4.78, 5) is 23.1. The molecule has 6 nitrogen and oxygen atoms in total. The van der Waals surface area contributed by atoms with Crippen LogP contribution in [0.1, 0.15) is 35.4 Å². The monoisotopic (exact) mass is 314 g/mol. The second-order valence-electron chi connectivity index (χ2n) is 5.96. The van der Waals surface area contributed by atoms with Crippen LogP contribution in [0, 0.1) is 12.8 Å². The number of amides is 1. The Labute approximate surface area is 133 Å². The van der Waals surface area contributed by atoms with Gasteiger partial charge in [0.2, 0.25) is 5.76 Å². The Morgan fingerprint density at radius 3 is 2.65 bits per heavy atom. The van der Waals surface area contributed by atoms with Gasteiger partial charge < -0.3 is 14.9 Å². The van der Waals surface area contributed by atoms with Gasteiger partial charge in [-0.05, 0) is 26.2 Å². The van der Waals surface area contributed by atoms with Crippen molar-refractivity contribution in [1.82, 2.24) is 10.5 Å². The van der Waals surface area contributed by atoms with Gasteiger partial charge in [0.05, 0.1) is 5.92 Å². The van der Waals surface area contributed by atoms with E-state index in [0.717, 1.165) is 11.1 Å². The van der Waals surface area contributed by atoms with E-state index in [4.69, 9.17) is 9.63 Å². The van der Waals surface area contributed by atoms with Crippen LogP contribution in [-0.2, 0) is 4.79 Å². The number of carboxylic acid groups (broad SMARTS) is 1. The molecular formula is C17H18N2O4. The molecule has 1 amide bonds. The van der Waals surface area contributed by atoms with E-state index >= 15 is 0 Å². The Morgan fingerprint density at radius 2 is 2.00 bits per heavy atom. The first-order valence-corrected chi connectivity index (χ1v) is 7.60. The van der Waals surface area contributed by atoms with Crippen molar-refractivity contribution in [3.8, 4) is 11.3 Å². The maximum absolute atomic E-state index is 12.2. The molecular weight excluding hydrogens is 296 g/mol. The summed E-state index contributed by atoms with van der Waals surface area (Å²) in [5.74, 6) is -1.40. The molecule has 2 aromatic rings. The summed E-state index contributed by atoms with van der Waals surface area (Å²) in [6.45, 7) is 2.00.